The van der Waals surface area contributed by atoms with Crippen LogP contribution < -0.4 is 0 Å². The van der Waals surface area contributed by atoms with Gasteiger partial charge in [0.1, 0.15) is 0 Å². The molecule has 0 saturated heterocycles. The highest BCUT2D eigenvalue weighted by atomic mass is 16.5. The van der Waals surface area contributed by atoms with Crippen LogP contribution in [0.2, 0.25) is 0 Å². The van der Waals surface area contributed by atoms with E-state index in [1.807, 2.05) is 0 Å². The van der Waals surface area contributed by atoms with Crippen LogP contribution in [0, 0.1) is 11.8 Å². The third-order valence-electron chi connectivity index (χ3n) is 5.14. The van der Waals surface area contributed by atoms with E-state index in [2.05, 4.69) is 26.8 Å². The fraction of sp³-hybridized carbons (Fsp3) is 0.800. The van der Waals surface area contributed by atoms with Gasteiger partial charge in [-0.25, -0.2) is 4.79 Å². The predicted octanol–water partition coefficient (Wildman–Crippen LogP) is 5.23. The van der Waals surface area contributed by atoms with Gasteiger partial charge in [-0.1, -0.05) is 51.2 Å². The van der Waals surface area contributed by atoms with Crippen LogP contribution in [0.25, 0.3) is 0 Å². The van der Waals surface area contributed by atoms with Gasteiger partial charge in [0.2, 0.25) is 5.78 Å². The molecule has 0 aromatic rings. The quantitative estimate of drug-likeness (QED) is 0.314. The van der Waals surface area contributed by atoms with Crippen molar-refractivity contribution in [3.63, 3.8) is 0 Å². The first-order valence-electron chi connectivity index (χ1n) is 9.45. The highest BCUT2D eigenvalue weighted by molar-refractivity contribution is 6.34. The molecule has 1 fully saturated rings. The average Bonchev–Trinajstić information content (AvgIpc) is 2.59. The number of carbonyl (C=O) groups excluding carboxylic acids is 2. The number of hydrogen-bond donors (Lipinski definition) is 0. The highest BCUT2D eigenvalue weighted by Crippen LogP contribution is 2.25. The molecule has 0 radical (unpaired) electrons. The molecule has 132 valence electrons. The molecule has 0 heterocycles. The zero-order valence-corrected chi connectivity index (χ0v) is 15.2. The van der Waals surface area contributed by atoms with Crippen molar-refractivity contribution in [2.75, 3.05) is 6.61 Å². The molecule has 0 spiro atoms. The van der Waals surface area contributed by atoms with E-state index in [-0.39, 0.29) is 11.7 Å². The summed E-state index contributed by atoms with van der Waals surface area (Å²) in [7, 11) is 0. The van der Waals surface area contributed by atoms with Crippen molar-refractivity contribution in [2.24, 2.45) is 11.8 Å². The third kappa shape index (κ3) is 7.81. The van der Waals surface area contributed by atoms with Crippen molar-refractivity contribution in [2.45, 2.75) is 85.0 Å². The summed E-state index contributed by atoms with van der Waals surface area (Å²) in [5.41, 5.74) is 1.43. The number of esters is 1. The topological polar surface area (TPSA) is 43.4 Å². The minimum Gasteiger partial charge on any atom is -0.460 e. The fourth-order valence-corrected chi connectivity index (χ4v) is 3.18. The molecule has 0 aliphatic heterocycles. The van der Waals surface area contributed by atoms with Crippen LogP contribution in [0.15, 0.2) is 11.6 Å². The molecule has 3 nitrogen and oxygen atoms in total. The molecule has 1 rings (SSSR count). The Balaban J connectivity index is 2.24. The Morgan fingerprint density at radius 1 is 1.13 bits per heavy atom. The van der Waals surface area contributed by atoms with Crippen molar-refractivity contribution in [3.8, 4) is 0 Å². The molecule has 23 heavy (non-hydrogen) atoms. The van der Waals surface area contributed by atoms with Gasteiger partial charge < -0.3 is 4.74 Å². The number of ketones is 1. The molecule has 1 aliphatic rings. The number of carbonyl (C=O) groups is 2. The van der Waals surface area contributed by atoms with Crippen LogP contribution in [0.3, 0.4) is 0 Å². The summed E-state index contributed by atoms with van der Waals surface area (Å²) in [5, 5.41) is 0. The number of allylic oxidation sites excluding steroid dienone is 2. The second-order valence-electron chi connectivity index (χ2n) is 6.88. The lowest BCUT2D eigenvalue weighted by Gasteiger charge is -2.19. The maximum atomic E-state index is 12.0. The van der Waals surface area contributed by atoms with Crippen molar-refractivity contribution in [1.82, 2.24) is 0 Å². The first-order valence-corrected chi connectivity index (χ1v) is 9.45. The maximum absolute atomic E-state index is 12.0. The Morgan fingerprint density at radius 2 is 1.83 bits per heavy atom. The van der Waals surface area contributed by atoms with Crippen molar-refractivity contribution in [1.29, 1.82) is 0 Å². The summed E-state index contributed by atoms with van der Waals surface area (Å²) in [6.07, 6.45) is 12.6. The Morgan fingerprint density at radius 3 is 2.43 bits per heavy atom. The molecule has 0 aromatic heterocycles. The van der Waals surface area contributed by atoms with Gasteiger partial charge in [-0.3, -0.25) is 4.79 Å². The van der Waals surface area contributed by atoms with Gasteiger partial charge in [-0.05, 0) is 51.4 Å². The number of hydrogen-bond acceptors (Lipinski definition) is 3. The lowest BCUT2D eigenvalue weighted by Crippen LogP contribution is -2.28. The molecule has 1 unspecified atom stereocenters. The van der Waals surface area contributed by atoms with Crippen molar-refractivity contribution < 1.29 is 14.3 Å². The van der Waals surface area contributed by atoms with Gasteiger partial charge >= 0.3 is 5.97 Å². The van der Waals surface area contributed by atoms with E-state index >= 15 is 0 Å². The summed E-state index contributed by atoms with van der Waals surface area (Å²) in [6, 6.07) is 0. The molecule has 1 aliphatic carbocycles. The molecule has 0 amide bonds. The maximum Gasteiger partial charge on any atom is 0.374 e. The minimum absolute atomic E-state index is 0.0830. The van der Waals surface area contributed by atoms with E-state index in [9.17, 15) is 9.59 Å². The minimum atomic E-state index is -0.603. The largest absolute Gasteiger partial charge is 0.460 e. The number of ether oxygens (including phenoxy) is 1. The standard InChI is InChI=1S/C20H34O3/c1-4-16(3)10-9-11-17(5-2)14-15-23-20(22)19(21)18-12-7-6-8-13-18/h10,17-18H,4-9,11-15H2,1-3H3. The van der Waals surface area contributed by atoms with Gasteiger partial charge in [0, 0.05) is 5.92 Å². The summed E-state index contributed by atoms with van der Waals surface area (Å²) >= 11 is 0. The van der Waals surface area contributed by atoms with Gasteiger partial charge in [-0.15, -0.1) is 0 Å². The molecule has 0 N–H and O–H groups in total. The van der Waals surface area contributed by atoms with Crippen molar-refractivity contribution >= 4 is 11.8 Å². The van der Waals surface area contributed by atoms with Crippen LogP contribution in [0.1, 0.15) is 85.0 Å². The van der Waals surface area contributed by atoms with Crippen LogP contribution >= 0.6 is 0 Å². The van der Waals surface area contributed by atoms with Crippen LogP contribution in [0.4, 0.5) is 0 Å². The Kier molecular flexibility index (Phi) is 9.89. The van der Waals surface area contributed by atoms with Crippen LogP contribution in [-0.2, 0) is 14.3 Å². The van der Waals surface area contributed by atoms with Crippen molar-refractivity contribution in [3.05, 3.63) is 11.6 Å². The predicted molar refractivity (Wildman–Crippen MR) is 94.2 cm³/mol. The Hall–Kier alpha value is -1.12. The second kappa shape index (κ2) is 11.4. The smallest absolute Gasteiger partial charge is 0.374 e. The number of Topliss-reactive ketones (excluding diaryl/α,β-unsaturated/α-hetero) is 1. The molecule has 0 aromatic carbocycles. The van der Waals surface area contributed by atoms with Gasteiger partial charge in [0.05, 0.1) is 6.61 Å². The van der Waals surface area contributed by atoms with E-state index < -0.39 is 5.97 Å². The van der Waals surface area contributed by atoms with Crippen LogP contribution in [0.5, 0.6) is 0 Å². The summed E-state index contributed by atoms with van der Waals surface area (Å²) in [5.74, 6) is -0.415. The highest BCUT2D eigenvalue weighted by Gasteiger charge is 2.27. The zero-order valence-electron chi connectivity index (χ0n) is 15.2. The van der Waals surface area contributed by atoms with E-state index in [0.29, 0.717) is 12.5 Å². The molecule has 3 heteroatoms. The van der Waals surface area contributed by atoms with E-state index in [1.54, 1.807) is 0 Å². The van der Waals surface area contributed by atoms with E-state index in [1.165, 1.54) is 12.0 Å². The second-order valence-corrected chi connectivity index (χ2v) is 6.88. The molecule has 0 bridgehead atoms. The van der Waals surface area contributed by atoms with Gasteiger partial charge in [0.25, 0.3) is 0 Å². The zero-order chi connectivity index (χ0) is 17.1. The SMILES string of the molecule is CCC(C)=CCCC(CC)CCOC(=O)C(=O)C1CCCCC1. The van der Waals surface area contributed by atoms with Gasteiger partial charge in [0.15, 0.2) is 0 Å². The summed E-state index contributed by atoms with van der Waals surface area (Å²) < 4.78 is 5.23. The molecule has 1 saturated carbocycles. The normalized spacial score (nSPS) is 17.8. The first kappa shape index (κ1) is 19.9. The summed E-state index contributed by atoms with van der Waals surface area (Å²) in [6.45, 7) is 6.90. The average molecular weight is 322 g/mol. The fourth-order valence-electron chi connectivity index (χ4n) is 3.18. The third-order valence-corrected chi connectivity index (χ3v) is 5.14. The summed E-state index contributed by atoms with van der Waals surface area (Å²) in [4.78, 5) is 23.9. The monoisotopic (exact) mass is 322 g/mol. The van der Waals surface area contributed by atoms with E-state index in [0.717, 1.165) is 57.8 Å². The molecular formula is C20H34O3. The first-order chi connectivity index (χ1) is 11.1. The Bertz CT molecular complexity index is 392. The lowest BCUT2D eigenvalue weighted by molar-refractivity contribution is -0.156. The molecule has 1 atom stereocenters. The lowest BCUT2D eigenvalue weighted by atomic mass is 9.86. The molecular weight excluding hydrogens is 288 g/mol. The van der Waals surface area contributed by atoms with Gasteiger partial charge in [-0.2, -0.15) is 0 Å². The van der Waals surface area contributed by atoms with Crippen LogP contribution in [-0.4, -0.2) is 18.4 Å². The van der Waals surface area contributed by atoms with E-state index in [4.69, 9.17) is 4.74 Å². The Labute approximate surface area is 141 Å². The number of rotatable bonds is 10.